The molecule has 0 amide bonds. The van der Waals surface area contributed by atoms with Gasteiger partial charge in [0.1, 0.15) is 6.29 Å². The van der Waals surface area contributed by atoms with Crippen molar-refractivity contribution in [1.29, 1.82) is 0 Å². The number of hydrogen-bond donors (Lipinski definition) is 1. The fourth-order valence-electron chi connectivity index (χ4n) is 0.495. The van der Waals surface area contributed by atoms with Crippen LogP contribution in [-0.4, -0.2) is 17.0 Å². The molecule has 0 fully saturated rings. The zero-order valence-electron chi connectivity index (χ0n) is 6.50. The summed E-state index contributed by atoms with van der Waals surface area (Å²) in [7, 11) is 0. The van der Waals surface area contributed by atoms with Crippen molar-refractivity contribution < 1.29 is 9.90 Å². The van der Waals surface area contributed by atoms with E-state index in [0.29, 0.717) is 12.8 Å². The molecule has 0 aliphatic heterocycles. The normalized spacial score (nSPS) is 17.1. The summed E-state index contributed by atoms with van der Waals surface area (Å²) in [5.74, 6) is 0. The smallest absolute Gasteiger partial charge is 0.123 e. The van der Waals surface area contributed by atoms with E-state index in [-0.39, 0.29) is 0 Å². The van der Waals surface area contributed by atoms with E-state index in [0.717, 1.165) is 6.29 Å². The van der Waals surface area contributed by atoms with E-state index in [2.05, 4.69) is 0 Å². The summed E-state index contributed by atoms with van der Waals surface area (Å²) in [5, 5.41) is 9.35. The average molecular weight is 142 g/mol. The second-order valence-corrected chi connectivity index (χ2v) is 2.52. The summed E-state index contributed by atoms with van der Waals surface area (Å²) in [5.41, 5.74) is -0.747. The van der Waals surface area contributed by atoms with Crippen LogP contribution in [0.1, 0.15) is 26.7 Å². The lowest BCUT2D eigenvalue weighted by Crippen LogP contribution is -2.18. The van der Waals surface area contributed by atoms with Crippen molar-refractivity contribution in [3.63, 3.8) is 0 Å². The lowest BCUT2D eigenvalue weighted by atomic mass is 10.0. The topological polar surface area (TPSA) is 37.3 Å². The highest BCUT2D eigenvalue weighted by Gasteiger charge is 2.10. The molecular weight excluding hydrogens is 128 g/mol. The van der Waals surface area contributed by atoms with Gasteiger partial charge in [-0.05, 0) is 13.3 Å². The first-order chi connectivity index (χ1) is 4.62. The van der Waals surface area contributed by atoms with Gasteiger partial charge in [0.25, 0.3) is 0 Å². The number of allylic oxidation sites excluding steroid dienone is 1. The van der Waals surface area contributed by atoms with Gasteiger partial charge in [0.15, 0.2) is 0 Å². The molecule has 0 aliphatic rings. The van der Waals surface area contributed by atoms with Crippen LogP contribution in [0.5, 0.6) is 0 Å². The third-order valence-corrected chi connectivity index (χ3v) is 1.43. The molecule has 1 atom stereocenters. The van der Waals surface area contributed by atoms with E-state index in [1.165, 1.54) is 0 Å². The van der Waals surface area contributed by atoms with Crippen LogP contribution in [0.4, 0.5) is 0 Å². The Labute approximate surface area is 61.6 Å². The fraction of sp³-hybridized carbons (Fsp3) is 0.625. The Kier molecular flexibility index (Phi) is 3.96. The Hall–Kier alpha value is -0.630. The molecule has 0 spiro atoms. The average Bonchev–Trinajstić information content (AvgIpc) is 1.89. The molecule has 0 aliphatic carbocycles. The SMILES string of the molecule is CCC(C)(O)C=CCC=O. The molecule has 0 saturated carbocycles. The maximum absolute atomic E-state index is 9.85. The highest BCUT2D eigenvalue weighted by atomic mass is 16.3. The van der Waals surface area contributed by atoms with Crippen LogP contribution in [0.3, 0.4) is 0 Å². The minimum Gasteiger partial charge on any atom is -0.386 e. The summed E-state index contributed by atoms with van der Waals surface area (Å²) in [6.07, 6.45) is 5.19. The lowest BCUT2D eigenvalue weighted by molar-refractivity contribution is -0.107. The van der Waals surface area contributed by atoms with Crippen molar-refractivity contribution in [2.24, 2.45) is 0 Å². The van der Waals surface area contributed by atoms with Crippen molar-refractivity contribution in [1.82, 2.24) is 0 Å². The molecule has 0 aromatic carbocycles. The summed E-state index contributed by atoms with van der Waals surface area (Å²) >= 11 is 0. The molecule has 1 N–H and O–H groups in total. The molecule has 0 aromatic rings. The van der Waals surface area contributed by atoms with Crippen LogP contribution < -0.4 is 0 Å². The molecule has 0 aromatic heterocycles. The van der Waals surface area contributed by atoms with Crippen molar-refractivity contribution in [3.05, 3.63) is 12.2 Å². The third-order valence-electron chi connectivity index (χ3n) is 1.43. The monoisotopic (exact) mass is 142 g/mol. The van der Waals surface area contributed by atoms with Gasteiger partial charge >= 0.3 is 0 Å². The van der Waals surface area contributed by atoms with Crippen LogP contribution in [0.2, 0.25) is 0 Å². The quantitative estimate of drug-likeness (QED) is 0.474. The Morgan fingerprint density at radius 2 is 2.20 bits per heavy atom. The summed E-state index contributed by atoms with van der Waals surface area (Å²) in [4.78, 5) is 9.85. The minimum atomic E-state index is -0.747. The van der Waals surface area contributed by atoms with E-state index in [4.69, 9.17) is 0 Å². The summed E-state index contributed by atoms with van der Waals surface area (Å²) < 4.78 is 0. The first-order valence-electron chi connectivity index (χ1n) is 3.46. The molecule has 1 unspecified atom stereocenters. The van der Waals surface area contributed by atoms with Gasteiger partial charge in [0, 0.05) is 6.42 Å². The molecule has 0 rings (SSSR count). The van der Waals surface area contributed by atoms with Crippen LogP contribution >= 0.6 is 0 Å². The van der Waals surface area contributed by atoms with Gasteiger partial charge in [0.05, 0.1) is 5.60 Å². The second-order valence-electron chi connectivity index (χ2n) is 2.52. The Bertz CT molecular complexity index is 125. The Morgan fingerprint density at radius 3 is 2.60 bits per heavy atom. The van der Waals surface area contributed by atoms with Gasteiger partial charge in [-0.15, -0.1) is 0 Å². The molecule has 0 heterocycles. The predicted octanol–water partition coefficient (Wildman–Crippen LogP) is 1.29. The molecular formula is C8H14O2. The highest BCUT2D eigenvalue weighted by molar-refractivity contribution is 5.51. The first-order valence-corrected chi connectivity index (χ1v) is 3.46. The zero-order chi connectivity index (χ0) is 8.04. The Balaban J connectivity index is 3.73. The predicted molar refractivity (Wildman–Crippen MR) is 40.7 cm³/mol. The van der Waals surface area contributed by atoms with Gasteiger partial charge in [-0.1, -0.05) is 19.1 Å². The number of carbonyl (C=O) groups is 1. The molecule has 0 saturated heterocycles. The van der Waals surface area contributed by atoms with Crippen LogP contribution in [-0.2, 0) is 4.79 Å². The number of carbonyl (C=O) groups excluding carboxylic acids is 1. The van der Waals surface area contributed by atoms with E-state index < -0.39 is 5.60 Å². The number of rotatable bonds is 4. The van der Waals surface area contributed by atoms with Crippen molar-refractivity contribution in [3.8, 4) is 0 Å². The summed E-state index contributed by atoms with van der Waals surface area (Å²) in [6.45, 7) is 3.61. The highest BCUT2D eigenvalue weighted by Crippen LogP contribution is 2.09. The number of aliphatic hydroxyl groups is 1. The summed E-state index contributed by atoms with van der Waals surface area (Å²) in [6, 6.07) is 0. The van der Waals surface area contributed by atoms with E-state index >= 15 is 0 Å². The first kappa shape index (κ1) is 9.37. The number of aldehydes is 1. The molecule has 2 heteroatoms. The maximum Gasteiger partial charge on any atom is 0.123 e. The van der Waals surface area contributed by atoms with Crippen molar-refractivity contribution in [2.75, 3.05) is 0 Å². The fourth-order valence-corrected chi connectivity index (χ4v) is 0.495. The number of hydrogen-bond acceptors (Lipinski definition) is 2. The van der Waals surface area contributed by atoms with Gasteiger partial charge in [-0.2, -0.15) is 0 Å². The zero-order valence-corrected chi connectivity index (χ0v) is 6.50. The molecule has 0 bridgehead atoms. The van der Waals surface area contributed by atoms with Gasteiger partial charge in [-0.25, -0.2) is 0 Å². The van der Waals surface area contributed by atoms with E-state index in [9.17, 15) is 9.90 Å². The molecule has 0 radical (unpaired) electrons. The van der Waals surface area contributed by atoms with Gasteiger partial charge in [-0.3, -0.25) is 0 Å². The van der Waals surface area contributed by atoms with E-state index in [1.807, 2.05) is 6.92 Å². The molecule has 2 nitrogen and oxygen atoms in total. The maximum atomic E-state index is 9.85. The minimum absolute atomic E-state index is 0.385. The van der Waals surface area contributed by atoms with Gasteiger partial charge in [0.2, 0.25) is 0 Å². The van der Waals surface area contributed by atoms with Crippen LogP contribution in [0, 0.1) is 0 Å². The molecule has 10 heavy (non-hydrogen) atoms. The van der Waals surface area contributed by atoms with Crippen LogP contribution in [0.25, 0.3) is 0 Å². The van der Waals surface area contributed by atoms with Gasteiger partial charge < -0.3 is 9.90 Å². The van der Waals surface area contributed by atoms with Crippen LogP contribution in [0.15, 0.2) is 12.2 Å². The largest absolute Gasteiger partial charge is 0.386 e. The third kappa shape index (κ3) is 4.27. The standard InChI is InChI=1S/C8H14O2/c1-3-8(2,10)6-4-5-7-9/h4,6-7,10H,3,5H2,1-2H3. The second kappa shape index (κ2) is 4.23. The Morgan fingerprint density at radius 1 is 1.60 bits per heavy atom. The van der Waals surface area contributed by atoms with Crippen molar-refractivity contribution in [2.45, 2.75) is 32.3 Å². The lowest BCUT2D eigenvalue weighted by Gasteiger charge is -2.14. The molecule has 58 valence electrons. The van der Waals surface area contributed by atoms with E-state index in [1.54, 1.807) is 19.1 Å². The van der Waals surface area contributed by atoms with Crippen molar-refractivity contribution >= 4 is 6.29 Å².